The highest BCUT2D eigenvalue weighted by atomic mass is 16.5. The largest absolute Gasteiger partial charge is 0.474 e. The lowest BCUT2D eigenvalue weighted by Crippen LogP contribution is -2.45. The number of rotatable bonds is 8. The number of hydrogen-bond acceptors (Lipinski definition) is 5. The van der Waals surface area contributed by atoms with Crippen molar-refractivity contribution in [3.05, 3.63) is 59.3 Å². The molecule has 4 rings (SSSR count). The molecule has 1 aliphatic heterocycles. The molecule has 1 atom stereocenters. The van der Waals surface area contributed by atoms with Gasteiger partial charge in [-0.1, -0.05) is 35.9 Å². The lowest BCUT2D eigenvalue weighted by atomic mass is 10.0. The molecule has 2 amide bonds. The summed E-state index contributed by atoms with van der Waals surface area (Å²) in [5.74, 6) is 0.630. The average molecular weight is 439 g/mol. The molecule has 1 aromatic carbocycles. The molecule has 1 saturated carbocycles. The molecule has 1 saturated heterocycles. The van der Waals surface area contributed by atoms with Crippen LogP contribution in [0.2, 0.25) is 0 Å². The Hall–Kier alpha value is -2.64. The predicted octanol–water partition coefficient (Wildman–Crippen LogP) is 3.58. The average Bonchev–Trinajstić information content (AvgIpc) is 3.33. The van der Waals surface area contributed by atoms with Crippen molar-refractivity contribution in [2.75, 3.05) is 32.8 Å². The Balaban J connectivity index is 1.33. The quantitative estimate of drug-likeness (QED) is 0.659. The van der Waals surface area contributed by atoms with Gasteiger partial charge in [0.05, 0.1) is 19.3 Å². The molecule has 0 spiro atoms. The van der Waals surface area contributed by atoms with Gasteiger partial charge in [-0.25, -0.2) is 9.78 Å². The molecule has 1 aromatic heterocycles. The number of morpholine rings is 1. The fourth-order valence-corrected chi connectivity index (χ4v) is 4.48. The third-order valence-corrected chi connectivity index (χ3v) is 6.24. The highest BCUT2D eigenvalue weighted by Crippen LogP contribution is 2.25. The zero-order chi connectivity index (χ0) is 22.2. The van der Waals surface area contributed by atoms with Crippen LogP contribution >= 0.6 is 0 Å². The zero-order valence-electron chi connectivity index (χ0n) is 18.9. The van der Waals surface area contributed by atoms with Gasteiger partial charge in [-0.15, -0.1) is 0 Å². The van der Waals surface area contributed by atoms with Crippen molar-refractivity contribution in [3.63, 3.8) is 0 Å². The molecule has 7 nitrogen and oxygen atoms in total. The van der Waals surface area contributed by atoms with Crippen molar-refractivity contribution in [2.24, 2.45) is 0 Å². The van der Waals surface area contributed by atoms with E-state index in [4.69, 9.17) is 9.47 Å². The van der Waals surface area contributed by atoms with Gasteiger partial charge in [0.1, 0.15) is 6.10 Å². The van der Waals surface area contributed by atoms with Gasteiger partial charge in [0.25, 0.3) is 0 Å². The molecule has 0 radical (unpaired) electrons. The second-order valence-corrected chi connectivity index (χ2v) is 8.63. The molecule has 1 aliphatic carbocycles. The normalized spacial score (nSPS) is 18.3. The lowest BCUT2D eigenvalue weighted by molar-refractivity contribution is 0.0167. The summed E-state index contributed by atoms with van der Waals surface area (Å²) >= 11 is 0. The summed E-state index contributed by atoms with van der Waals surface area (Å²) in [5.41, 5.74) is 3.33. The minimum atomic E-state index is -0.188. The molecule has 7 heteroatoms. The molecule has 2 aliphatic rings. The summed E-state index contributed by atoms with van der Waals surface area (Å²) in [6.07, 6.45) is 6.54. The Kier molecular flexibility index (Phi) is 7.96. The summed E-state index contributed by atoms with van der Waals surface area (Å²) in [6, 6.07) is 12.3. The third-order valence-electron chi connectivity index (χ3n) is 6.24. The van der Waals surface area contributed by atoms with Crippen molar-refractivity contribution in [1.82, 2.24) is 20.5 Å². The number of aryl methyl sites for hydroxylation is 1. The topological polar surface area (TPSA) is 75.7 Å². The number of nitrogens with one attached hydrogen (secondary N) is 2. The summed E-state index contributed by atoms with van der Waals surface area (Å²) in [4.78, 5) is 19.4. The fourth-order valence-electron chi connectivity index (χ4n) is 4.48. The van der Waals surface area contributed by atoms with Crippen LogP contribution in [0.25, 0.3) is 0 Å². The molecule has 2 fully saturated rings. The van der Waals surface area contributed by atoms with Gasteiger partial charge in [-0.3, -0.25) is 4.90 Å². The van der Waals surface area contributed by atoms with Crippen LogP contribution in [0.1, 0.15) is 48.4 Å². The first-order chi connectivity index (χ1) is 15.7. The number of hydrogen-bond donors (Lipinski definition) is 2. The smallest absolute Gasteiger partial charge is 0.315 e. The summed E-state index contributed by atoms with van der Waals surface area (Å²) in [7, 11) is 0. The number of amides is 2. The maximum absolute atomic E-state index is 12.6. The van der Waals surface area contributed by atoms with Gasteiger partial charge in [0.15, 0.2) is 0 Å². The predicted molar refractivity (Wildman–Crippen MR) is 124 cm³/mol. The Labute approximate surface area is 190 Å². The standard InChI is InChI=1S/C25H34N4O3/c1-19-6-4-7-20(16-19)23(29-12-14-31-15-13-29)18-28-25(30)27-17-21-8-5-11-26-24(21)32-22-9-2-3-10-22/h4-8,11,16,22-23H,2-3,9-10,12-15,17-18H2,1H3,(H2,27,28,30)/t23-/m1/s1. The van der Waals surface area contributed by atoms with Crippen LogP contribution in [0.3, 0.4) is 0 Å². The van der Waals surface area contributed by atoms with Crippen LogP contribution in [0.15, 0.2) is 42.6 Å². The maximum atomic E-state index is 12.6. The van der Waals surface area contributed by atoms with E-state index in [1.165, 1.54) is 24.0 Å². The van der Waals surface area contributed by atoms with Gasteiger partial charge in [0, 0.05) is 37.9 Å². The van der Waals surface area contributed by atoms with E-state index in [1.807, 2.05) is 12.1 Å². The molecular formula is C25H34N4O3. The molecule has 2 N–H and O–H groups in total. The zero-order valence-corrected chi connectivity index (χ0v) is 18.9. The summed E-state index contributed by atoms with van der Waals surface area (Å²) in [6.45, 7) is 6.18. The van der Waals surface area contributed by atoms with E-state index < -0.39 is 0 Å². The van der Waals surface area contributed by atoms with E-state index in [-0.39, 0.29) is 18.2 Å². The van der Waals surface area contributed by atoms with Gasteiger partial charge < -0.3 is 20.1 Å². The minimum absolute atomic E-state index is 0.115. The number of nitrogens with zero attached hydrogens (tertiary/aromatic N) is 2. The van der Waals surface area contributed by atoms with Gasteiger partial charge in [-0.05, 0) is 44.2 Å². The second-order valence-electron chi connectivity index (χ2n) is 8.63. The van der Waals surface area contributed by atoms with Crippen molar-refractivity contribution in [2.45, 2.75) is 51.3 Å². The first-order valence-corrected chi connectivity index (χ1v) is 11.7. The number of carbonyl (C=O) groups is 1. The molecule has 0 bridgehead atoms. The van der Waals surface area contributed by atoms with Crippen LogP contribution < -0.4 is 15.4 Å². The van der Waals surface area contributed by atoms with Gasteiger partial charge in [0.2, 0.25) is 5.88 Å². The second kappa shape index (κ2) is 11.3. The van der Waals surface area contributed by atoms with Crippen molar-refractivity contribution in [1.29, 1.82) is 0 Å². The van der Waals surface area contributed by atoms with E-state index >= 15 is 0 Å². The van der Waals surface area contributed by atoms with E-state index in [1.54, 1.807) is 6.20 Å². The fraction of sp³-hybridized carbons (Fsp3) is 0.520. The lowest BCUT2D eigenvalue weighted by Gasteiger charge is -2.35. The number of aromatic nitrogens is 1. The molecule has 2 heterocycles. The first kappa shape index (κ1) is 22.6. The number of ether oxygens (including phenoxy) is 2. The Bertz CT molecular complexity index is 879. The van der Waals surface area contributed by atoms with E-state index in [0.717, 1.165) is 44.7 Å². The molecular weight excluding hydrogens is 404 g/mol. The monoisotopic (exact) mass is 438 g/mol. The molecule has 32 heavy (non-hydrogen) atoms. The van der Waals surface area contributed by atoms with Crippen LogP contribution in [-0.2, 0) is 11.3 Å². The van der Waals surface area contributed by atoms with Crippen LogP contribution in [0, 0.1) is 6.92 Å². The van der Waals surface area contributed by atoms with Crippen molar-refractivity contribution >= 4 is 6.03 Å². The maximum Gasteiger partial charge on any atom is 0.315 e. The third kappa shape index (κ3) is 6.20. The summed E-state index contributed by atoms with van der Waals surface area (Å²) < 4.78 is 11.6. The molecule has 2 aromatic rings. The molecule has 172 valence electrons. The van der Waals surface area contributed by atoms with Crippen molar-refractivity contribution < 1.29 is 14.3 Å². The number of carbonyl (C=O) groups excluding carboxylic acids is 1. The van der Waals surface area contributed by atoms with Crippen molar-refractivity contribution in [3.8, 4) is 5.88 Å². The summed E-state index contributed by atoms with van der Waals surface area (Å²) in [5, 5.41) is 6.04. The number of pyridine rings is 1. The Morgan fingerprint density at radius 3 is 2.78 bits per heavy atom. The highest BCUT2D eigenvalue weighted by Gasteiger charge is 2.23. The van der Waals surface area contributed by atoms with E-state index in [0.29, 0.717) is 19.0 Å². The Morgan fingerprint density at radius 2 is 2.00 bits per heavy atom. The van der Waals surface area contributed by atoms with Gasteiger partial charge >= 0.3 is 6.03 Å². The van der Waals surface area contributed by atoms with E-state index in [9.17, 15) is 4.79 Å². The first-order valence-electron chi connectivity index (χ1n) is 11.7. The number of benzene rings is 1. The molecule has 0 unspecified atom stereocenters. The SMILES string of the molecule is Cc1cccc([C@@H](CNC(=O)NCc2cccnc2OC2CCCC2)N2CCOCC2)c1. The Morgan fingerprint density at radius 1 is 1.19 bits per heavy atom. The van der Waals surface area contributed by atoms with Crippen LogP contribution in [0.5, 0.6) is 5.88 Å². The van der Waals surface area contributed by atoms with Gasteiger partial charge in [-0.2, -0.15) is 0 Å². The van der Waals surface area contributed by atoms with Crippen LogP contribution in [0.4, 0.5) is 4.79 Å². The minimum Gasteiger partial charge on any atom is -0.474 e. The number of urea groups is 1. The van der Waals surface area contributed by atoms with Crippen LogP contribution in [-0.4, -0.2) is 54.9 Å². The van der Waals surface area contributed by atoms with E-state index in [2.05, 4.69) is 51.7 Å². The highest BCUT2D eigenvalue weighted by molar-refractivity contribution is 5.74.